The summed E-state index contributed by atoms with van der Waals surface area (Å²) in [6.07, 6.45) is -6.19. The van der Waals surface area contributed by atoms with Crippen molar-refractivity contribution in [2.24, 2.45) is 0 Å². The lowest BCUT2D eigenvalue weighted by molar-refractivity contribution is -0.279. The highest BCUT2D eigenvalue weighted by Crippen LogP contribution is 2.28. The highest BCUT2D eigenvalue weighted by atomic mass is 16.7. The molecule has 1 aliphatic rings. The van der Waals surface area contributed by atoms with Crippen LogP contribution >= 0.6 is 0 Å². The molecule has 0 unspecified atom stereocenters. The topological polar surface area (TPSA) is 108 Å². The van der Waals surface area contributed by atoms with Crippen LogP contribution in [0.5, 0.6) is 0 Å². The van der Waals surface area contributed by atoms with E-state index in [4.69, 9.17) is 18.9 Å². The van der Waals surface area contributed by atoms with Crippen molar-refractivity contribution in [3.63, 3.8) is 0 Å². The number of esters is 3. The van der Waals surface area contributed by atoms with Crippen LogP contribution in [0, 0.1) is 0 Å². The fourth-order valence-electron chi connectivity index (χ4n) is 3.14. The summed E-state index contributed by atoms with van der Waals surface area (Å²) in [6.45, 7) is 2.74. The Labute approximate surface area is 173 Å². The SMILES string of the molecule is CC(=O)O[C@H]1[C@@H](OC(=O)c2ccccc2)[C@@H](OC(=O)c2ccccc2)[C@@H](O)O[C@@H]1C. The quantitative estimate of drug-likeness (QED) is 0.585. The van der Waals surface area contributed by atoms with Crippen molar-refractivity contribution in [2.45, 2.75) is 44.6 Å². The molecule has 1 heterocycles. The number of carbonyl (C=O) groups is 3. The molecule has 2 aromatic carbocycles. The first kappa shape index (κ1) is 21.5. The predicted molar refractivity (Wildman–Crippen MR) is 103 cm³/mol. The average Bonchev–Trinajstić information content (AvgIpc) is 2.74. The van der Waals surface area contributed by atoms with E-state index in [-0.39, 0.29) is 11.1 Å². The first-order valence-corrected chi connectivity index (χ1v) is 9.39. The summed E-state index contributed by atoms with van der Waals surface area (Å²) in [5.41, 5.74) is 0.487. The lowest BCUT2D eigenvalue weighted by Crippen LogP contribution is -2.60. The molecule has 0 aliphatic carbocycles. The minimum Gasteiger partial charge on any atom is -0.456 e. The highest BCUT2D eigenvalue weighted by Gasteiger charge is 2.50. The van der Waals surface area contributed by atoms with Crippen molar-refractivity contribution in [3.05, 3.63) is 71.8 Å². The second kappa shape index (κ2) is 9.51. The van der Waals surface area contributed by atoms with Gasteiger partial charge in [0.25, 0.3) is 0 Å². The van der Waals surface area contributed by atoms with Gasteiger partial charge in [-0.15, -0.1) is 0 Å². The Bertz CT molecular complexity index is 883. The lowest BCUT2D eigenvalue weighted by atomic mass is 9.98. The van der Waals surface area contributed by atoms with Crippen LogP contribution in [-0.4, -0.2) is 53.7 Å². The van der Waals surface area contributed by atoms with Gasteiger partial charge >= 0.3 is 17.9 Å². The van der Waals surface area contributed by atoms with Gasteiger partial charge in [0, 0.05) is 6.92 Å². The Morgan fingerprint density at radius 1 is 0.767 bits per heavy atom. The Kier molecular flexibility index (Phi) is 6.81. The molecule has 0 aromatic heterocycles. The van der Waals surface area contributed by atoms with Gasteiger partial charge in [-0.25, -0.2) is 9.59 Å². The molecule has 3 rings (SSSR count). The molecule has 1 N–H and O–H groups in total. The number of aliphatic hydroxyl groups is 1. The van der Waals surface area contributed by atoms with E-state index in [0.29, 0.717) is 0 Å². The normalized spacial score (nSPS) is 25.8. The van der Waals surface area contributed by atoms with Crippen molar-refractivity contribution >= 4 is 17.9 Å². The first-order chi connectivity index (χ1) is 14.4. The Morgan fingerprint density at radius 3 is 1.70 bits per heavy atom. The van der Waals surface area contributed by atoms with Crippen LogP contribution < -0.4 is 0 Å². The van der Waals surface area contributed by atoms with Crippen LogP contribution in [-0.2, 0) is 23.7 Å². The zero-order valence-electron chi connectivity index (χ0n) is 16.5. The Hall–Kier alpha value is -3.23. The third-order valence-corrected chi connectivity index (χ3v) is 4.55. The van der Waals surface area contributed by atoms with E-state index >= 15 is 0 Å². The summed E-state index contributed by atoms with van der Waals surface area (Å²) < 4.78 is 21.6. The Morgan fingerprint density at radius 2 is 1.23 bits per heavy atom. The van der Waals surface area contributed by atoms with Gasteiger partial charge < -0.3 is 24.1 Å². The van der Waals surface area contributed by atoms with E-state index in [9.17, 15) is 19.5 Å². The van der Waals surface area contributed by atoms with E-state index < -0.39 is 48.6 Å². The van der Waals surface area contributed by atoms with Gasteiger partial charge in [0.05, 0.1) is 17.2 Å². The number of ether oxygens (including phenoxy) is 4. The largest absolute Gasteiger partial charge is 0.456 e. The number of benzene rings is 2. The lowest BCUT2D eigenvalue weighted by Gasteiger charge is -2.42. The highest BCUT2D eigenvalue weighted by molar-refractivity contribution is 5.90. The third-order valence-electron chi connectivity index (χ3n) is 4.55. The molecule has 8 heteroatoms. The molecular weight excluding hydrogens is 392 g/mol. The maximum atomic E-state index is 12.6. The fourth-order valence-corrected chi connectivity index (χ4v) is 3.14. The Balaban J connectivity index is 1.88. The van der Waals surface area contributed by atoms with E-state index in [0.717, 1.165) is 0 Å². The number of hydrogen-bond donors (Lipinski definition) is 1. The van der Waals surface area contributed by atoms with Gasteiger partial charge in [-0.1, -0.05) is 36.4 Å². The van der Waals surface area contributed by atoms with E-state index in [1.165, 1.54) is 19.1 Å². The third kappa shape index (κ3) is 5.03. The molecule has 2 aromatic rings. The van der Waals surface area contributed by atoms with Crippen LogP contribution in [0.25, 0.3) is 0 Å². The van der Waals surface area contributed by atoms with E-state index in [1.54, 1.807) is 55.5 Å². The molecule has 1 fully saturated rings. The molecule has 0 radical (unpaired) electrons. The van der Waals surface area contributed by atoms with Crippen molar-refractivity contribution in [1.29, 1.82) is 0 Å². The molecular formula is C22H22O8. The summed E-state index contributed by atoms with van der Waals surface area (Å²) in [5.74, 6) is -2.11. The van der Waals surface area contributed by atoms with Gasteiger partial charge in [-0.05, 0) is 31.2 Å². The molecule has 1 saturated heterocycles. The monoisotopic (exact) mass is 414 g/mol. The van der Waals surface area contributed by atoms with Crippen molar-refractivity contribution in [2.75, 3.05) is 0 Å². The van der Waals surface area contributed by atoms with Crippen LogP contribution in [0.2, 0.25) is 0 Å². The molecule has 1 aliphatic heterocycles. The van der Waals surface area contributed by atoms with Gasteiger partial charge in [0.15, 0.2) is 24.6 Å². The summed E-state index contributed by atoms with van der Waals surface area (Å²) in [4.78, 5) is 36.8. The summed E-state index contributed by atoms with van der Waals surface area (Å²) in [6, 6.07) is 16.3. The maximum absolute atomic E-state index is 12.6. The van der Waals surface area contributed by atoms with E-state index in [2.05, 4.69) is 0 Å². The molecule has 0 amide bonds. The predicted octanol–water partition coefficient (Wildman–Crippen LogP) is 2.11. The number of aliphatic hydroxyl groups excluding tert-OH is 1. The number of hydrogen-bond acceptors (Lipinski definition) is 8. The molecule has 5 atom stereocenters. The van der Waals surface area contributed by atoms with Gasteiger partial charge in [-0.3, -0.25) is 4.79 Å². The molecule has 30 heavy (non-hydrogen) atoms. The first-order valence-electron chi connectivity index (χ1n) is 9.39. The second-order valence-electron chi connectivity index (χ2n) is 6.78. The van der Waals surface area contributed by atoms with Crippen LogP contribution in [0.3, 0.4) is 0 Å². The maximum Gasteiger partial charge on any atom is 0.338 e. The van der Waals surface area contributed by atoms with Crippen LogP contribution in [0.15, 0.2) is 60.7 Å². The second-order valence-corrected chi connectivity index (χ2v) is 6.78. The van der Waals surface area contributed by atoms with Gasteiger partial charge in [0.2, 0.25) is 0 Å². The molecule has 8 nitrogen and oxygen atoms in total. The van der Waals surface area contributed by atoms with Crippen LogP contribution in [0.4, 0.5) is 0 Å². The molecule has 158 valence electrons. The molecule has 0 bridgehead atoms. The minimum atomic E-state index is -1.59. The minimum absolute atomic E-state index is 0.237. The summed E-state index contributed by atoms with van der Waals surface area (Å²) >= 11 is 0. The number of carbonyl (C=O) groups excluding carboxylic acids is 3. The smallest absolute Gasteiger partial charge is 0.338 e. The van der Waals surface area contributed by atoms with E-state index in [1.807, 2.05) is 0 Å². The summed E-state index contributed by atoms with van der Waals surface area (Å²) in [5, 5.41) is 10.4. The van der Waals surface area contributed by atoms with Crippen molar-refractivity contribution in [1.82, 2.24) is 0 Å². The number of rotatable bonds is 5. The standard InChI is InChI=1S/C22H22O8/c1-13-17(28-14(2)23)18(29-20(24)15-9-5-3-6-10-15)19(22(26)27-13)30-21(25)16-11-7-4-8-12-16/h3-13,17-19,22,26H,1-2H3/t13-,17-,18-,19-,22+/m1/s1. The zero-order valence-corrected chi connectivity index (χ0v) is 16.5. The van der Waals surface area contributed by atoms with Crippen molar-refractivity contribution < 1.29 is 38.4 Å². The molecule has 0 saturated carbocycles. The van der Waals surface area contributed by atoms with Crippen LogP contribution in [0.1, 0.15) is 34.6 Å². The van der Waals surface area contributed by atoms with Gasteiger partial charge in [-0.2, -0.15) is 0 Å². The average molecular weight is 414 g/mol. The summed E-state index contributed by atoms with van der Waals surface area (Å²) in [7, 11) is 0. The van der Waals surface area contributed by atoms with Gasteiger partial charge in [0.1, 0.15) is 0 Å². The molecule has 0 spiro atoms. The fraction of sp³-hybridized carbons (Fsp3) is 0.318. The van der Waals surface area contributed by atoms with Crippen molar-refractivity contribution in [3.8, 4) is 0 Å². The zero-order chi connectivity index (χ0) is 21.7.